The van der Waals surface area contributed by atoms with E-state index in [0.717, 1.165) is 42.7 Å². The van der Waals surface area contributed by atoms with Crippen LogP contribution in [-0.2, 0) is 20.9 Å². The number of piperazine rings is 1. The van der Waals surface area contributed by atoms with Crippen molar-refractivity contribution in [3.8, 4) is 5.75 Å². The molecule has 1 saturated heterocycles. The van der Waals surface area contributed by atoms with E-state index >= 15 is 0 Å². The van der Waals surface area contributed by atoms with Crippen molar-refractivity contribution >= 4 is 17.7 Å². The molecule has 0 aromatic heterocycles. The third kappa shape index (κ3) is 8.56. The molecular weight excluding hydrogens is 516 g/mol. The highest BCUT2D eigenvalue weighted by molar-refractivity contribution is 5.87. The van der Waals surface area contributed by atoms with Gasteiger partial charge in [-0.15, -0.1) is 0 Å². The van der Waals surface area contributed by atoms with Crippen molar-refractivity contribution in [2.75, 3.05) is 44.9 Å². The van der Waals surface area contributed by atoms with Gasteiger partial charge >= 0.3 is 6.09 Å². The predicted octanol–water partition coefficient (Wildman–Crippen LogP) is 4.09. The molecule has 0 radical (unpaired) electrons. The van der Waals surface area contributed by atoms with E-state index < -0.39 is 12.1 Å². The zero-order valence-corrected chi connectivity index (χ0v) is 23.1. The molecule has 1 heterocycles. The number of ether oxygens (including phenoxy) is 2. The third-order valence-corrected chi connectivity index (χ3v) is 7.27. The Kier molecular flexibility index (Phi) is 11.0. The molecule has 218 valence electrons. The number of benzene rings is 2. The van der Waals surface area contributed by atoms with Gasteiger partial charge in [-0.05, 0) is 61.9 Å². The molecule has 2 aliphatic rings. The van der Waals surface area contributed by atoms with Crippen LogP contribution >= 0.6 is 0 Å². The van der Waals surface area contributed by atoms with Crippen molar-refractivity contribution in [2.24, 2.45) is 0 Å². The molecule has 2 amide bonds. The first-order valence-corrected chi connectivity index (χ1v) is 13.9. The SMILES string of the molecule is COc1ccc(N2CCN(C(=O)OCCCCCCON(O)O)C[C@@H]2C(=O)N(Cc2ccccc2)C2CC2)cc1. The van der Waals surface area contributed by atoms with Gasteiger partial charge < -0.3 is 24.2 Å². The van der Waals surface area contributed by atoms with Gasteiger partial charge in [0.15, 0.2) is 0 Å². The van der Waals surface area contributed by atoms with Crippen LogP contribution in [0.2, 0.25) is 0 Å². The normalized spacial score (nSPS) is 17.1. The Morgan fingerprint density at radius 1 is 0.925 bits per heavy atom. The molecule has 0 spiro atoms. The number of carbonyl (C=O) groups is 2. The Hall–Kier alpha value is -3.38. The number of methoxy groups -OCH3 is 1. The standard InChI is InChI=1S/C29H40N4O7/c1-38-26-15-13-24(14-16-26)31-18-17-30(29(35)39-19-7-2-3-8-20-40-33(36)37)22-27(31)28(34)32(25-11-12-25)21-23-9-5-4-6-10-23/h4-6,9-10,13-16,25,27,36-37H,2-3,7-8,11-12,17-22H2,1H3/t27-/m1/s1. The van der Waals surface area contributed by atoms with Crippen LogP contribution in [-0.4, -0.2) is 89.6 Å². The zero-order chi connectivity index (χ0) is 28.3. The lowest BCUT2D eigenvalue weighted by molar-refractivity contribution is -0.492. The first kappa shape index (κ1) is 29.6. The van der Waals surface area contributed by atoms with Gasteiger partial charge in [0, 0.05) is 31.4 Å². The molecule has 0 unspecified atom stereocenters. The lowest BCUT2D eigenvalue weighted by atomic mass is 10.1. The number of hydrogen-bond donors (Lipinski definition) is 2. The Morgan fingerprint density at radius 2 is 1.62 bits per heavy atom. The molecule has 11 nitrogen and oxygen atoms in total. The summed E-state index contributed by atoms with van der Waals surface area (Å²) in [6.45, 7) is 2.23. The second kappa shape index (κ2) is 14.8. The van der Waals surface area contributed by atoms with E-state index in [0.29, 0.717) is 32.5 Å². The van der Waals surface area contributed by atoms with Gasteiger partial charge in [0.1, 0.15) is 11.8 Å². The Balaban J connectivity index is 1.39. The molecule has 1 atom stereocenters. The maximum Gasteiger partial charge on any atom is 0.409 e. The fourth-order valence-electron chi connectivity index (χ4n) is 4.94. The monoisotopic (exact) mass is 556 g/mol. The molecule has 2 aromatic rings. The third-order valence-electron chi connectivity index (χ3n) is 7.27. The van der Waals surface area contributed by atoms with Crippen molar-refractivity contribution in [3.05, 3.63) is 60.2 Å². The van der Waals surface area contributed by atoms with E-state index in [1.165, 1.54) is 0 Å². The summed E-state index contributed by atoms with van der Waals surface area (Å²) in [5.74, 6) is 0.764. The quantitative estimate of drug-likeness (QED) is 0.262. The molecule has 2 aromatic carbocycles. The Morgan fingerprint density at radius 3 is 2.27 bits per heavy atom. The molecule has 4 rings (SSSR count). The number of rotatable bonds is 14. The summed E-state index contributed by atoms with van der Waals surface area (Å²) in [6, 6.07) is 17.4. The maximum absolute atomic E-state index is 14.1. The molecule has 2 fully saturated rings. The summed E-state index contributed by atoms with van der Waals surface area (Å²) in [5.41, 5.74) is 2.00. The second-order valence-electron chi connectivity index (χ2n) is 10.2. The van der Waals surface area contributed by atoms with Crippen molar-refractivity contribution in [2.45, 2.75) is 57.2 Å². The summed E-state index contributed by atoms with van der Waals surface area (Å²) >= 11 is 0. The highest BCUT2D eigenvalue weighted by atomic mass is 17.1. The number of carbonyl (C=O) groups excluding carboxylic acids is 2. The molecule has 11 heteroatoms. The molecular formula is C29H40N4O7. The van der Waals surface area contributed by atoms with Gasteiger partial charge in [0.25, 0.3) is 0 Å². The fraction of sp³-hybridized carbons (Fsp3) is 0.517. The van der Waals surface area contributed by atoms with Crippen LogP contribution in [0, 0.1) is 0 Å². The van der Waals surface area contributed by atoms with E-state index in [-0.39, 0.29) is 37.1 Å². The topological polar surface area (TPSA) is 115 Å². The summed E-state index contributed by atoms with van der Waals surface area (Å²) in [4.78, 5) is 37.3. The second-order valence-corrected chi connectivity index (χ2v) is 10.2. The lowest BCUT2D eigenvalue weighted by Gasteiger charge is -2.43. The van der Waals surface area contributed by atoms with E-state index in [2.05, 4.69) is 9.74 Å². The summed E-state index contributed by atoms with van der Waals surface area (Å²) in [7, 11) is 1.62. The summed E-state index contributed by atoms with van der Waals surface area (Å²) < 4.78 is 10.9. The lowest BCUT2D eigenvalue weighted by Crippen LogP contribution is -2.61. The summed E-state index contributed by atoms with van der Waals surface area (Å²) in [6.07, 6.45) is 4.54. The Labute approximate surface area is 235 Å². The Bertz CT molecular complexity index is 1070. The first-order chi connectivity index (χ1) is 19.5. The van der Waals surface area contributed by atoms with Crippen LogP contribution in [0.25, 0.3) is 0 Å². The predicted molar refractivity (Wildman–Crippen MR) is 147 cm³/mol. The summed E-state index contributed by atoms with van der Waals surface area (Å²) in [5, 5.41) is 16.8. The van der Waals surface area contributed by atoms with Crippen LogP contribution in [0.5, 0.6) is 5.75 Å². The van der Waals surface area contributed by atoms with Crippen LogP contribution in [0.1, 0.15) is 44.1 Å². The fourth-order valence-corrected chi connectivity index (χ4v) is 4.94. The van der Waals surface area contributed by atoms with Crippen molar-refractivity contribution in [1.82, 2.24) is 15.2 Å². The van der Waals surface area contributed by atoms with Gasteiger partial charge in [-0.2, -0.15) is 0 Å². The highest BCUT2D eigenvalue weighted by Crippen LogP contribution is 2.32. The molecule has 2 N–H and O–H groups in total. The van der Waals surface area contributed by atoms with Gasteiger partial charge in [0.05, 0.1) is 32.3 Å². The molecule has 1 aliphatic heterocycles. The molecule has 1 saturated carbocycles. The van der Waals surface area contributed by atoms with E-state index in [1.807, 2.05) is 59.5 Å². The van der Waals surface area contributed by atoms with Crippen LogP contribution < -0.4 is 9.64 Å². The minimum atomic E-state index is -0.531. The van der Waals surface area contributed by atoms with E-state index in [4.69, 9.17) is 19.9 Å². The number of unbranched alkanes of at least 4 members (excludes halogenated alkanes) is 3. The van der Waals surface area contributed by atoms with Crippen molar-refractivity contribution in [3.63, 3.8) is 0 Å². The highest BCUT2D eigenvalue weighted by Gasteiger charge is 2.41. The van der Waals surface area contributed by atoms with E-state index in [1.54, 1.807) is 12.0 Å². The maximum atomic E-state index is 14.1. The van der Waals surface area contributed by atoms with Crippen LogP contribution in [0.4, 0.5) is 10.5 Å². The number of anilines is 1. The minimum Gasteiger partial charge on any atom is -0.497 e. The average molecular weight is 557 g/mol. The van der Waals surface area contributed by atoms with Gasteiger partial charge in [-0.25, -0.2) is 4.79 Å². The largest absolute Gasteiger partial charge is 0.497 e. The van der Waals surface area contributed by atoms with Gasteiger partial charge in [-0.1, -0.05) is 36.8 Å². The minimum absolute atomic E-state index is 0.0196. The smallest absolute Gasteiger partial charge is 0.409 e. The van der Waals surface area contributed by atoms with Crippen LogP contribution in [0.3, 0.4) is 0 Å². The number of amides is 2. The zero-order valence-electron chi connectivity index (χ0n) is 23.1. The van der Waals surface area contributed by atoms with Gasteiger partial charge in [0.2, 0.25) is 5.91 Å². The number of nitrogens with zero attached hydrogens (tertiary/aromatic N) is 4. The van der Waals surface area contributed by atoms with Crippen molar-refractivity contribution < 1.29 is 34.3 Å². The van der Waals surface area contributed by atoms with Crippen LogP contribution in [0.15, 0.2) is 54.6 Å². The van der Waals surface area contributed by atoms with Crippen molar-refractivity contribution in [1.29, 1.82) is 0 Å². The first-order valence-electron chi connectivity index (χ1n) is 13.9. The average Bonchev–Trinajstić information content (AvgIpc) is 3.82. The van der Waals surface area contributed by atoms with E-state index in [9.17, 15) is 9.59 Å². The van der Waals surface area contributed by atoms with Gasteiger partial charge in [-0.3, -0.25) is 20.0 Å². The molecule has 0 bridgehead atoms. The number of hydrogen-bond acceptors (Lipinski definition) is 9. The molecule has 40 heavy (non-hydrogen) atoms. The molecule has 1 aliphatic carbocycles.